The van der Waals surface area contributed by atoms with Crippen LogP contribution in [0.2, 0.25) is 0 Å². The fourth-order valence-corrected chi connectivity index (χ4v) is 3.27. The predicted octanol–water partition coefficient (Wildman–Crippen LogP) is 3.16. The van der Waals surface area contributed by atoms with Crippen molar-refractivity contribution in [1.82, 2.24) is 19.6 Å². The number of thioether (sulfide) groups is 1. The molecule has 0 unspecified atom stereocenters. The number of hydrogen-bond acceptors (Lipinski definition) is 6. The molecule has 0 bridgehead atoms. The van der Waals surface area contributed by atoms with E-state index in [1.54, 1.807) is 22.9 Å². The number of nitrogens with zero attached hydrogens (tertiary/aromatic N) is 3. The van der Waals surface area contributed by atoms with Gasteiger partial charge in [-0.1, -0.05) is 30.0 Å². The van der Waals surface area contributed by atoms with Gasteiger partial charge in [0, 0.05) is 11.8 Å². The number of aryl methyl sites for hydroxylation is 1. The van der Waals surface area contributed by atoms with Crippen molar-refractivity contribution in [2.75, 3.05) is 12.4 Å². The molecule has 0 aliphatic heterocycles. The van der Waals surface area contributed by atoms with Gasteiger partial charge in [-0.05, 0) is 30.7 Å². The molecule has 26 heavy (non-hydrogen) atoms. The molecule has 3 aromatic heterocycles. The molecular weight excluding hydrogens is 352 g/mol. The molecule has 0 amide bonds. The average molecular weight is 368 g/mol. The summed E-state index contributed by atoms with van der Waals surface area (Å²) < 4.78 is 12.8. The third-order valence-corrected chi connectivity index (χ3v) is 4.63. The first kappa shape index (κ1) is 16.5. The molecule has 0 aliphatic rings. The van der Waals surface area contributed by atoms with E-state index in [1.807, 2.05) is 31.2 Å². The van der Waals surface area contributed by atoms with Crippen LogP contribution in [0.5, 0.6) is 5.75 Å². The predicted molar refractivity (Wildman–Crippen MR) is 98.7 cm³/mol. The number of benzene rings is 1. The maximum Gasteiger partial charge on any atom is 0.266 e. The third-order valence-electron chi connectivity index (χ3n) is 3.73. The van der Waals surface area contributed by atoms with Gasteiger partial charge in [-0.3, -0.25) is 9.89 Å². The highest BCUT2D eigenvalue weighted by Gasteiger charge is 2.13. The van der Waals surface area contributed by atoms with Crippen molar-refractivity contribution in [2.24, 2.45) is 0 Å². The van der Waals surface area contributed by atoms with E-state index in [4.69, 9.17) is 9.15 Å². The van der Waals surface area contributed by atoms with Gasteiger partial charge in [0.25, 0.3) is 5.56 Å². The van der Waals surface area contributed by atoms with Crippen LogP contribution in [-0.4, -0.2) is 31.9 Å². The summed E-state index contributed by atoms with van der Waals surface area (Å²) in [4.78, 5) is 20.6. The molecular formula is C18H16N4O3S. The molecule has 0 saturated heterocycles. The summed E-state index contributed by atoms with van der Waals surface area (Å²) in [5.74, 6) is 2.53. The Morgan fingerprint density at radius 2 is 2.12 bits per heavy atom. The molecule has 7 nitrogen and oxygen atoms in total. The van der Waals surface area contributed by atoms with Crippen LogP contribution in [0.1, 0.15) is 5.56 Å². The quantitative estimate of drug-likeness (QED) is 0.416. The first-order valence-electron chi connectivity index (χ1n) is 8.05. The zero-order valence-electron chi connectivity index (χ0n) is 14.0. The maximum atomic E-state index is 11.7. The molecule has 0 spiro atoms. The van der Waals surface area contributed by atoms with E-state index in [2.05, 4.69) is 15.1 Å². The molecule has 4 aromatic rings. The van der Waals surface area contributed by atoms with E-state index in [0.29, 0.717) is 34.7 Å². The number of hydrogen-bond donors (Lipinski definition) is 1. The number of rotatable bonds is 6. The van der Waals surface area contributed by atoms with Crippen LogP contribution in [0.3, 0.4) is 0 Å². The molecule has 132 valence electrons. The van der Waals surface area contributed by atoms with Crippen molar-refractivity contribution in [3.05, 3.63) is 64.6 Å². The Morgan fingerprint density at radius 1 is 1.23 bits per heavy atom. The number of para-hydroxylation sites is 1. The number of furan rings is 1. The lowest BCUT2D eigenvalue weighted by Gasteiger charge is -2.09. The van der Waals surface area contributed by atoms with Gasteiger partial charge in [0.15, 0.2) is 22.4 Å². The van der Waals surface area contributed by atoms with Gasteiger partial charge in [-0.25, -0.2) is 9.50 Å². The van der Waals surface area contributed by atoms with Crippen molar-refractivity contribution in [2.45, 2.75) is 12.1 Å². The molecule has 3 heterocycles. The van der Waals surface area contributed by atoms with Crippen LogP contribution in [0, 0.1) is 6.92 Å². The zero-order valence-corrected chi connectivity index (χ0v) is 14.8. The summed E-state index contributed by atoms with van der Waals surface area (Å²) in [5, 5.41) is 3.33. The lowest BCUT2D eigenvalue weighted by Crippen LogP contribution is -2.07. The minimum atomic E-state index is -0.228. The van der Waals surface area contributed by atoms with Crippen LogP contribution in [0.4, 0.5) is 0 Å². The van der Waals surface area contributed by atoms with E-state index >= 15 is 0 Å². The number of aromatic amines is 1. The normalized spacial score (nSPS) is 11.1. The second-order valence-electron chi connectivity index (χ2n) is 5.58. The molecule has 0 radical (unpaired) electrons. The van der Waals surface area contributed by atoms with Crippen molar-refractivity contribution in [3.8, 4) is 17.3 Å². The summed E-state index contributed by atoms with van der Waals surface area (Å²) >= 11 is 1.47. The molecule has 0 atom stereocenters. The van der Waals surface area contributed by atoms with Crippen molar-refractivity contribution in [1.29, 1.82) is 0 Å². The minimum Gasteiger partial charge on any atom is -0.492 e. The zero-order chi connectivity index (χ0) is 17.9. The van der Waals surface area contributed by atoms with Crippen molar-refractivity contribution >= 4 is 17.4 Å². The molecule has 1 aromatic carbocycles. The van der Waals surface area contributed by atoms with Crippen LogP contribution < -0.4 is 10.3 Å². The standard InChI is InChI=1S/C18H16N4O3S/c1-12-5-2-3-6-13(12)25-9-10-26-18-20-17(14-7-4-8-24-14)19-15-11-16(23)21-22(15)18/h2-8,11H,9-10H2,1H3,(H,21,23). The lowest BCUT2D eigenvalue weighted by atomic mass is 10.2. The fourth-order valence-electron chi connectivity index (χ4n) is 2.50. The van der Waals surface area contributed by atoms with Crippen LogP contribution in [0.15, 0.2) is 63.1 Å². The Hall–Kier alpha value is -3.00. The van der Waals surface area contributed by atoms with E-state index < -0.39 is 0 Å². The van der Waals surface area contributed by atoms with Crippen LogP contribution in [-0.2, 0) is 0 Å². The summed E-state index contributed by atoms with van der Waals surface area (Å²) in [7, 11) is 0. The number of ether oxygens (including phenoxy) is 1. The maximum absolute atomic E-state index is 11.7. The van der Waals surface area contributed by atoms with Gasteiger partial charge in [-0.15, -0.1) is 0 Å². The number of fused-ring (bicyclic) bond motifs is 1. The van der Waals surface area contributed by atoms with Gasteiger partial charge < -0.3 is 9.15 Å². The second kappa shape index (κ2) is 7.09. The highest BCUT2D eigenvalue weighted by atomic mass is 32.2. The summed E-state index contributed by atoms with van der Waals surface area (Å²) in [6.45, 7) is 2.53. The summed E-state index contributed by atoms with van der Waals surface area (Å²) in [5.41, 5.74) is 1.37. The Bertz CT molecular complexity index is 1090. The van der Waals surface area contributed by atoms with Gasteiger partial charge in [0.1, 0.15) is 5.75 Å². The van der Waals surface area contributed by atoms with Gasteiger partial charge in [-0.2, -0.15) is 4.98 Å². The Morgan fingerprint density at radius 3 is 2.92 bits per heavy atom. The first-order valence-corrected chi connectivity index (χ1v) is 9.04. The summed E-state index contributed by atoms with van der Waals surface area (Å²) in [6, 6.07) is 12.9. The van der Waals surface area contributed by atoms with E-state index in [1.165, 1.54) is 17.8 Å². The summed E-state index contributed by atoms with van der Waals surface area (Å²) in [6.07, 6.45) is 1.56. The monoisotopic (exact) mass is 368 g/mol. The molecule has 0 saturated carbocycles. The average Bonchev–Trinajstić information content (AvgIpc) is 3.28. The van der Waals surface area contributed by atoms with E-state index in [0.717, 1.165) is 11.3 Å². The lowest BCUT2D eigenvalue weighted by molar-refractivity contribution is 0.341. The molecule has 0 fully saturated rings. The Kier molecular flexibility index (Phi) is 4.49. The van der Waals surface area contributed by atoms with Crippen molar-refractivity contribution in [3.63, 3.8) is 0 Å². The Balaban J connectivity index is 1.53. The minimum absolute atomic E-state index is 0.228. The van der Waals surface area contributed by atoms with Crippen molar-refractivity contribution < 1.29 is 9.15 Å². The van der Waals surface area contributed by atoms with Crippen LogP contribution in [0.25, 0.3) is 17.2 Å². The van der Waals surface area contributed by atoms with E-state index in [9.17, 15) is 4.79 Å². The SMILES string of the molecule is Cc1ccccc1OCCSc1nc(-c2ccco2)nc2cc(=O)[nH]n12. The third kappa shape index (κ3) is 3.36. The first-order chi connectivity index (χ1) is 12.7. The van der Waals surface area contributed by atoms with Gasteiger partial charge in [0.2, 0.25) is 0 Å². The number of aromatic nitrogens is 4. The van der Waals surface area contributed by atoms with Gasteiger partial charge in [0.05, 0.1) is 12.9 Å². The molecule has 8 heteroatoms. The number of nitrogens with one attached hydrogen (secondary N) is 1. The highest BCUT2D eigenvalue weighted by molar-refractivity contribution is 7.99. The molecule has 0 aliphatic carbocycles. The van der Waals surface area contributed by atoms with Crippen LogP contribution >= 0.6 is 11.8 Å². The topological polar surface area (TPSA) is 85.4 Å². The van der Waals surface area contributed by atoms with E-state index in [-0.39, 0.29) is 5.56 Å². The largest absolute Gasteiger partial charge is 0.492 e. The second-order valence-corrected chi connectivity index (χ2v) is 6.65. The molecule has 1 N–H and O–H groups in total. The molecule has 4 rings (SSSR count). The number of H-pyrrole nitrogens is 1. The smallest absolute Gasteiger partial charge is 0.266 e. The Labute approximate surface area is 153 Å². The van der Waals surface area contributed by atoms with Gasteiger partial charge >= 0.3 is 0 Å². The fraction of sp³-hybridized carbons (Fsp3) is 0.167. The highest BCUT2D eigenvalue weighted by Crippen LogP contribution is 2.22.